The zero-order valence-corrected chi connectivity index (χ0v) is 17.8. The lowest BCUT2D eigenvalue weighted by Crippen LogP contribution is -2.11. The van der Waals surface area contributed by atoms with Gasteiger partial charge in [0.2, 0.25) is 0 Å². The van der Waals surface area contributed by atoms with E-state index in [2.05, 4.69) is 15.3 Å². The molecule has 0 aliphatic carbocycles. The molecular formula is C22H19ClN4O2S. The van der Waals surface area contributed by atoms with Crippen molar-refractivity contribution in [3.8, 4) is 5.75 Å². The number of aryl methyl sites for hydroxylation is 1. The number of imidazole rings is 1. The Balaban J connectivity index is 1.33. The number of carbonyl (C=O) groups excluding carboxylic acids is 1. The molecule has 0 radical (unpaired) electrons. The molecule has 8 heteroatoms. The molecule has 1 N–H and O–H groups in total. The van der Waals surface area contributed by atoms with Crippen molar-refractivity contribution in [3.05, 3.63) is 94.0 Å². The summed E-state index contributed by atoms with van der Waals surface area (Å²) in [5.41, 5.74) is 1.64. The summed E-state index contributed by atoms with van der Waals surface area (Å²) in [6, 6.07) is 14.7. The largest absolute Gasteiger partial charge is 0.486 e. The fraction of sp³-hybridized carbons (Fsp3) is 0.136. The van der Waals surface area contributed by atoms with Gasteiger partial charge in [0.1, 0.15) is 18.2 Å². The van der Waals surface area contributed by atoms with Crippen LogP contribution in [0, 0.1) is 0 Å². The third-order valence-corrected chi connectivity index (χ3v) is 5.59. The van der Waals surface area contributed by atoms with Crippen molar-refractivity contribution in [1.29, 1.82) is 0 Å². The molecule has 0 fully saturated rings. The minimum atomic E-state index is -0.214. The molecule has 2 heterocycles. The minimum Gasteiger partial charge on any atom is -0.486 e. The maximum Gasteiger partial charge on any atom is 0.257 e. The number of thiazole rings is 1. The number of nitrogens with one attached hydrogen (secondary N) is 1. The molecule has 0 aliphatic rings. The van der Waals surface area contributed by atoms with Crippen molar-refractivity contribution < 1.29 is 9.53 Å². The molecule has 30 heavy (non-hydrogen) atoms. The fourth-order valence-corrected chi connectivity index (χ4v) is 3.91. The van der Waals surface area contributed by atoms with Crippen LogP contribution in [0.3, 0.4) is 0 Å². The van der Waals surface area contributed by atoms with Crippen LogP contribution in [-0.4, -0.2) is 20.4 Å². The number of nitrogens with zero attached hydrogens (tertiary/aromatic N) is 3. The number of ether oxygens (including phenoxy) is 1. The molecule has 0 atom stereocenters. The zero-order chi connectivity index (χ0) is 20.9. The molecule has 4 rings (SSSR count). The predicted molar refractivity (Wildman–Crippen MR) is 118 cm³/mol. The first-order valence-electron chi connectivity index (χ1n) is 9.26. The van der Waals surface area contributed by atoms with Gasteiger partial charge in [-0.05, 0) is 42.0 Å². The summed E-state index contributed by atoms with van der Waals surface area (Å²) >= 11 is 7.48. The third kappa shape index (κ3) is 5.06. The van der Waals surface area contributed by atoms with Gasteiger partial charge in [-0.1, -0.05) is 23.7 Å². The second-order valence-corrected chi connectivity index (χ2v) is 8.21. The monoisotopic (exact) mass is 438 g/mol. The Labute approximate surface area is 183 Å². The molecule has 1 amide bonds. The molecule has 6 nitrogen and oxygen atoms in total. The van der Waals surface area contributed by atoms with Crippen LogP contribution in [0.4, 0.5) is 5.13 Å². The lowest BCUT2D eigenvalue weighted by Gasteiger charge is -2.07. The normalized spacial score (nSPS) is 10.7. The highest BCUT2D eigenvalue weighted by Crippen LogP contribution is 2.23. The lowest BCUT2D eigenvalue weighted by atomic mass is 10.1. The van der Waals surface area contributed by atoms with Crippen molar-refractivity contribution in [3.63, 3.8) is 0 Å². The Morgan fingerprint density at radius 3 is 2.77 bits per heavy atom. The van der Waals surface area contributed by atoms with E-state index in [0.717, 1.165) is 22.7 Å². The summed E-state index contributed by atoms with van der Waals surface area (Å²) in [5, 5.41) is 4.11. The third-order valence-electron chi connectivity index (χ3n) is 4.45. The van der Waals surface area contributed by atoms with Gasteiger partial charge in [0.15, 0.2) is 5.13 Å². The van der Waals surface area contributed by atoms with Gasteiger partial charge in [-0.25, -0.2) is 9.97 Å². The van der Waals surface area contributed by atoms with E-state index in [9.17, 15) is 4.79 Å². The molecule has 0 spiro atoms. The molecular weight excluding hydrogens is 420 g/mol. The van der Waals surface area contributed by atoms with Crippen molar-refractivity contribution in [2.45, 2.75) is 13.0 Å². The highest BCUT2D eigenvalue weighted by Gasteiger charge is 2.10. The van der Waals surface area contributed by atoms with E-state index in [1.54, 1.807) is 36.7 Å². The van der Waals surface area contributed by atoms with Crippen LogP contribution in [0.25, 0.3) is 0 Å². The van der Waals surface area contributed by atoms with Gasteiger partial charge in [-0.15, -0.1) is 11.3 Å². The van der Waals surface area contributed by atoms with Gasteiger partial charge in [-0.3, -0.25) is 10.1 Å². The van der Waals surface area contributed by atoms with Crippen LogP contribution >= 0.6 is 22.9 Å². The van der Waals surface area contributed by atoms with Gasteiger partial charge in [-0.2, -0.15) is 0 Å². The molecule has 0 unspecified atom stereocenters. The van der Waals surface area contributed by atoms with Gasteiger partial charge >= 0.3 is 0 Å². The first-order valence-corrected chi connectivity index (χ1v) is 10.5. The van der Waals surface area contributed by atoms with Crippen molar-refractivity contribution in [2.24, 2.45) is 7.05 Å². The highest BCUT2D eigenvalue weighted by molar-refractivity contribution is 7.15. The molecule has 2 aromatic heterocycles. The Kier molecular flexibility index (Phi) is 6.11. The molecule has 0 aliphatic heterocycles. The average molecular weight is 439 g/mol. The molecule has 2 aromatic carbocycles. The summed E-state index contributed by atoms with van der Waals surface area (Å²) in [6.07, 6.45) is 6.09. The smallest absolute Gasteiger partial charge is 0.257 e. The van der Waals surface area contributed by atoms with Gasteiger partial charge in [0.05, 0.1) is 0 Å². The van der Waals surface area contributed by atoms with Crippen molar-refractivity contribution >= 4 is 34.0 Å². The maximum absolute atomic E-state index is 12.5. The quantitative estimate of drug-likeness (QED) is 0.443. The Bertz CT molecular complexity index is 1150. The van der Waals surface area contributed by atoms with E-state index in [1.807, 2.05) is 42.1 Å². The van der Waals surface area contributed by atoms with Crippen LogP contribution in [0.5, 0.6) is 5.75 Å². The second kappa shape index (κ2) is 9.11. The number of hydrogen-bond donors (Lipinski definition) is 1. The number of halogens is 1. The first-order chi connectivity index (χ1) is 14.6. The number of hydrogen-bond acceptors (Lipinski definition) is 5. The van der Waals surface area contributed by atoms with E-state index in [4.69, 9.17) is 16.3 Å². The average Bonchev–Trinajstić information content (AvgIpc) is 3.35. The zero-order valence-electron chi connectivity index (χ0n) is 16.2. The summed E-state index contributed by atoms with van der Waals surface area (Å²) in [4.78, 5) is 22.1. The number of carbonyl (C=O) groups is 1. The van der Waals surface area contributed by atoms with Crippen LogP contribution < -0.4 is 10.1 Å². The summed E-state index contributed by atoms with van der Waals surface area (Å²) in [7, 11) is 1.91. The second-order valence-electron chi connectivity index (χ2n) is 6.66. The van der Waals surface area contributed by atoms with Crippen molar-refractivity contribution in [2.75, 3.05) is 5.32 Å². The van der Waals surface area contributed by atoms with E-state index in [-0.39, 0.29) is 5.91 Å². The number of rotatable bonds is 7. The standard InChI is InChI=1S/C22H19ClN4O2S/c1-27-10-9-24-20(27)14-29-18-7-5-16(6-8-18)21(28)26-22-25-13-19(30-22)12-15-3-2-4-17(23)11-15/h2-11,13H,12,14H2,1H3,(H,25,26,28). The predicted octanol–water partition coefficient (Wildman–Crippen LogP) is 4.95. The lowest BCUT2D eigenvalue weighted by molar-refractivity contribution is 0.102. The SMILES string of the molecule is Cn1ccnc1COc1ccc(C(=O)Nc2ncc(Cc3cccc(Cl)c3)s2)cc1. The van der Waals surface area contributed by atoms with Crippen LogP contribution in [0.1, 0.15) is 26.6 Å². The number of amides is 1. The Morgan fingerprint density at radius 2 is 2.03 bits per heavy atom. The van der Waals surface area contributed by atoms with Crippen molar-refractivity contribution in [1.82, 2.24) is 14.5 Å². The molecule has 152 valence electrons. The number of anilines is 1. The van der Waals surface area contributed by atoms with Crippen LogP contribution in [0.15, 0.2) is 67.1 Å². The van der Waals surface area contributed by atoms with E-state index in [0.29, 0.717) is 28.1 Å². The van der Waals surface area contributed by atoms with Crippen LogP contribution in [0.2, 0.25) is 5.02 Å². The molecule has 0 saturated carbocycles. The minimum absolute atomic E-state index is 0.214. The van der Waals surface area contributed by atoms with E-state index in [1.165, 1.54) is 11.3 Å². The molecule has 0 saturated heterocycles. The Hall–Kier alpha value is -3.16. The topological polar surface area (TPSA) is 69.0 Å². The van der Waals surface area contributed by atoms with E-state index < -0.39 is 0 Å². The highest BCUT2D eigenvalue weighted by atomic mass is 35.5. The Morgan fingerprint density at radius 1 is 1.20 bits per heavy atom. The molecule has 0 bridgehead atoms. The fourth-order valence-electron chi connectivity index (χ4n) is 2.85. The van der Waals surface area contributed by atoms with E-state index >= 15 is 0 Å². The van der Waals surface area contributed by atoms with Gasteiger partial charge in [0, 0.05) is 47.5 Å². The number of aromatic nitrogens is 3. The molecule has 4 aromatic rings. The number of benzene rings is 2. The summed E-state index contributed by atoms with van der Waals surface area (Å²) in [5.74, 6) is 1.29. The maximum atomic E-state index is 12.5. The summed E-state index contributed by atoms with van der Waals surface area (Å²) < 4.78 is 7.62. The van der Waals surface area contributed by atoms with Gasteiger partial charge < -0.3 is 9.30 Å². The first kappa shape index (κ1) is 20.1. The van der Waals surface area contributed by atoms with Crippen LogP contribution in [-0.2, 0) is 20.1 Å². The summed E-state index contributed by atoms with van der Waals surface area (Å²) in [6.45, 7) is 0.365. The van der Waals surface area contributed by atoms with Gasteiger partial charge in [0.25, 0.3) is 5.91 Å².